The van der Waals surface area contributed by atoms with Crippen LogP contribution in [0.3, 0.4) is 0 Å². The maximum Gasteiger partial charge on any atom is 0.490 e. The Balaban J connectivity index is 0.000000362. The van der Waals surface area contributed by atoms with Crippen LogP contribution in [0.5, 0.6) is 0 Å². The first-order chi connectivity index (χ1) is 16.1. The summed E-state index contributed by atoms with van der Waals surface area (Å²) in [5, 5.41) is 22.7. The number of aryl methyl sites for hydroxylation is 2. The lowest BCUT2D eigenvalue weighted by molar-refractivity contribution is -0.193. The van der Waals surface area contributed by atoms with E-state index in [9.17, 15) is 26.3 Å². The third-order valence-electron chi connectivity index (χ3n) is 4.59. The molecule has 0 saturated heterocycles. The molecular weight excluding hydrogens is 494 g/mol. The third kappa shape index (κ3) is 9.94. The molecule has 1 aliphatic rings. The van der Waals surface area contributed by atoms with Crippen LogP contribution < -0.4 is 0 Å². The zero-order chi connectivity index (χ0) is 27.0. The second-order valence-electron chi connectivity index (χ2n) is 7.40. The number of rotatable bonds is 4. The Morgan fingerprint density at radius 2 is 1.66 bits per heavy atom. The number of nitrogens with zero attached hydrogens (tertiary/aromatic N) is 4. The van der Waals surface area contributed by atoms with Crippen LogP contribution in [0.1, 0.15) is 22.7 Å². The van der Waals surface area contributed by atoms with Crippen LogP contribution in [0.4, 0.5) is 26.3 Å². The number of aliphatic carboxylic acids is 2. The first-order valence-electron chi connectivity index (χ1n) is 9.80. The molecule has 0 saturated carbocycles. The molecule has 0 bridgehead atoms. The molecule has 35 heavy (non-hydrogen) atoms. The van der Waals surface area contributed by atoms with E-state index >= 15 is 0 Å². The van der Waals surface area contributed by atoms with Gasteiger partial charge in [0.2, 0.25) is 0 Å². The number of ether oxygens (including phenoxy) is 1. The lowest BCUT2D eigenvalue weighted by Gasteiger charge is -2.23. The Labute approximate surface area is 195 Å². The van der Waals surface area contributed by atoms with Crippen LogP contribution in [0.15, 0.2) is 16.8 Å². The van der Waals surface area contributed by atoms with Gasteiger partial charge in [-0.25, -0.2) is 9.59 Å². The average molecular weight is 518 g/mol. The van der Waals surface area contributed by atoms with Crippen molar-refractivity contribution < 1.29 is 55.4 Å². The van der Waals surface area contributed by atoms with Crippen molar-refractivity contribution in [3.05, 3.63) is 35.0 Å². The zero-order valence-corrected chi connectivity index (χ0v) is 18.9. The second-order valence-corrected chi connectivity index (χ2v) is 7.40. The highest BCUT2D eigenvalue weighted by Crippen LogP contribution is 2.21. The molecule has 10 nitrogen and oxygen atoms in total. The van der Waals surface area contributed by atoms with E-state index < -0.39 is 24.3 Å². The van der Waals surface area contributed by atoms with Crippen LogP contribution in [0.2, 0.25) is 0 Å². The van der Waals surface area contributed by atoms with Gasteiger partial charge in [-0.15, -0.1) is 0 Å². The molecule has 0 aromatic carbocycles. The third-order valence-corrected chi connectivity index (χ3v) is 4.59. The fraction of sp³-hybridized carbons (Fsp3) is 0.579. The number of carboxylic acid groups (broad SMARTS) is 2. The molecule has 1 aliphatic heterocycles. The zero-order valence-electron chi connectivity index (χ0n) is 18.9. The van der Waals surface area contributed by atoms with E-state index in [2.05, 4.69) is 25.9 Å². The molecule has 0 spiro atoms. The van der Waals surface area contributed by atoms with Crippen molar-refractivity contribution in [2.24, 2.45) is 5.92 Å². The van der Waals surface area contributed by atoms with Crippen molar-refractivity contribution in [2.75, 3.05) is 20.3 Å². The van der Waals surface area contributed by atoms with Crippen LogP contribution in [-0.4, -0.2) is 74.6 Å². The smallest absolute Gasteiger partial charge is 0.475 e. The van der Waals surface area contributed by atoms with E-state index in [0.717, 1.165) is 44.2 Å². The number of methoxy groups -OCH3 is 1. The van der Waals surface area contributed by atoms with Crippen molar-refractivity contribution in [2.45, 2.75) is 45.8 Å². The summed E-state index contributed by atoms with van der Waals surface area (Å²) in [6, 6.07) is 2.09. The molecule has 1 atom stereocenters. The van der Waals surface area contributed by atoms with Crippen LogP contribution in [-0.2, 0) is 34.0 Å². The number of hydrogen-bond donors (Lipinski definition) is 2. The van der Waals surface area contributed by atoms with Crippen molar-refractivity contribution in [3.63, 3.8) is 0 Å². The Morgan fingerprint density at radius 3 is 2.09 bits per heavy atom. The van der Waals surface area contributed by atoms with E-state index in [1.54, 1.807) is 7.11 Å². The molecule has 2 N–H and O–H groups in total. The summed E-state index contributed by atoms with van der Waals surface area (Å²) in [5.74, 6) is -4.16. The van der Waals surface area contributed by atoms with Crippen LogP contribution >= 0.6 is 0 Å². The minimum atomic E-state index is -5.08. The number of hydrogen-bond acceptors (Lipinski definition) is 7. The molecule has 0 radical (unpaired) electrons. The quantitative estimate of drug-likeness (QED) is 0.587. The molecule has 3 heterocycles. The van der Waals surface area contributed by atoms with Gasteiger partial charge in [0.1, 0.15) is 5.76 Å². The van der Waals surface area contributed by atoms with Gasteiger partial charge in [-0.1, -0.05) is 5.16 Å². The number of carbonyl (C=O) groups is 2. The molecule has 3 rings (SSSR count). The second kappa shape index (κ2) is 12.5. The molecule has 1 unspecified atom stereocenters. The molecular formula is C19H24F6N4O6. The summed E-state index contributed by atoms with van der Waals surface area (Å²) < 4.78 is 76.2. The molecule has 0 fully saturated rings. The van der Waals surface area contributed by atoms with Gasteiger partial charge in [0, 0.05) is 51.0 Å². The van der Waals surface area contributed by atoms with Gasteiger partial charge in [-0.3, -0.25) is 9.58 Å². The van der Waals surface area contributed by atoms with E-state index in [1.807, 2.05) is 20.0 Å². The summed E-state index contributed by atoms with van der Waals surface area (Å²) in [4.78, 5) is 20.2. The number of alkyl halides is 6. The van der Waals surface area contributed by atoms with Crippen LogP contribution in [0, 0.1) is 19.8 Å². The van der Waals surface area contributed by atoms with Crippen molar-refractivity contribution in [1.82, 2.24) is 19.8 Å². The topological polar surface area (TPSA) is 131 Å². The van der Waals surface area contributed by atoms with Gasteiger partial charge in [0.05, 0.1) is 18.0 Å². The van der Waals surface area contributed by atoms with Crippen LogP contribution in [0.25, 0.3) is 0 Å². The molecule has 2 aromatic heterocycles. The van der Waals surface area contributed by atoms with Gasteiger partial charge in [-0.05, 0) is 19.9 Å². The highest BCUT2D eigenvalue weighted by Gasteiger charge is 2.38. The summed E-state index contributed by atoms with van der Waals surface area (Å²) >= 11 is 0. The van der Waals surface area contributed by atoms with Gasteiger partial charge >= 0.3 is 24.3 Å². The minimum Gasteiger partial charge on any atom is -0.475 e. The maximum absolute atomic E-state index is 10.6. The fourth-order valence-corrected chi connectivity index (χ4v) is 3.03. The number of aromatic nitrogens is 3. The standard InChI is InChI=1S/C15H22N4O2.2C2HF3O2/c1-11-15(12(2)21-17-11)9-18-6-13(10-20-3)7-19-14(8-18)4-5-16-19;2*3-2(4,5)1(6)7/h4-5,13H,6-10H2,1-3H3;2*(H,6,7). The lowest BCUT2D eigenvalue weighted by atomic mass is 10.1. The summed E-state index contributed by atoms with van der Waals surface area (Å²) in [5.41, 5.74) is 3.42. The van der Waals surface area contributed by atoms with Gasteiger partial charge < -0.3 is 19.5 Å². The maximum atomic E-state index is 10.6. The Hall–Kier alpha value is -3.14. The van der Waals surface area contributed by atoms with E-state index in [4.69, 9.17) is 29.1 Å². The number of carboxylic acids is 2. The predicted molar refractivity (Wildman–Crippen MR) is 105 cm³/mol. The van der Waals surface area contributed by atoms with Gasteiger partial charge in [0.15, 0.2) is 0 Å². The highest BCUT2D eigenvalue weighted by atomic mass is 19.4. The Morgan fingerprint density at radius 1 is 1.11 bits per heavy atom. The minimum absolute atomic E-state index is 0.441. The predicted octanol–water partition coefficient (Wildman–Crippen LogP) is 3.03. The van der Waals surface area contributed by atoms with Gasteiger partial charge in [-0.2, -0.15) is 31.4 Å². The summed E-state index contributed by atoms with van der Waals surface area (Å²) in [6.45, 7) is 8.37. The van der Waals surface area contributed by atoms with E-state index in [1.165, 1.54) is 11.3 Å². The Kier molecular flexibility index (Phi) is 10.7. The monoisotopic (exact) mass is 518 g/mol. The first kappa shape index (κ1) is 29.9. The lowest BCUT2D eigenvalue weighted by Crippen LogP contribution is -2.30. The van der Waals surface area contributed by atoms with E-state index in [-0.39, 0.29) is 0 Å². The van der Waals surface area contributed by atoms with Crippen molar-refractivity contribution >= 4 is 11.9 Å². The highest BCUT2D eigenvalue weighted by molar-refractivity contribution is 5.73. The number of halogens is 6. The first-order valence-corrected chi connectivity index (χ1v) is 9.80. The molecule has 198 valence electrons. The summed E-state index contributed by atoms with van der Waals surface area (Å²) in [6.07, 6.45) is -8.29. The van der Waals surface area contributed by atoms with Gasteiger partial charge in [0.25, 0.3) is 0 Å². The Bertz CT molecular complexity index is 928. The number of fused-ring (bicyclic) bond motifs is 1. The van der Waals surface area contributed by atoms with Crippen molar-refractivity contribution in [1.29, 1.82) is 0 Å². The average Bonchev–Trinajstić information content (AvgIpc) is 3.23. The molecule has 16 heteroatoms. The largest absolute Gasteiger partial charge is 0.490 e. The molecule has 0 aliphatic carbocycles. The van der Waals surface area contributed by atoms with E-state index in [0.29, 0.717) is 5.92 Å². The van der Waals surface area contributed by atoms with Crippen molar-refractivity contribution in [3.8, 4) is 0 Å². The summed E-state index contributed by atoms with van der Waals surface area (Å²) in [7, 11) is 1.76. The normalized spacial score (nSPS) is 16.2. The fourth-order valence-electron chi connectivity index (χ4n) is 3.03. The molecule has 0 amide bonds. The SMILES string of the molecule is COCC1CN(Cc2c(C)noc2C)Cc2ccnn2C1.O=C(O)C(F)(F)F.O=C(O)C(F)(F)F. The molecule has 2 aromatic rings.